The van der Waals surface area contributed by atoms with Crippen LogP contribution in [-0.2, 0) is 4.74 Å². The molecule has 0 aromatic carbocycles. The first-order valence-corrected chi connectivity index (χ1v) is 4.32. The molecule has 0 aliphatic rings. The number of alkyl halides is 7. The summed E-state index contributed by atoms with van der Waals surface area (Å²) in [5, 5.41) is 0. The smallest absolute Gasteiger partial charge is 0.375 e. The van der Waals surface area contributed by atoms with Gasteiger partial charge in [-0.1, -0.05) is 13.8 Å². The Kier molecular flexibility index (Phi) is 4.61. The van der Waals surface area contributed by atoms with Crippen molar-refractivity contribution in [3.8, 4) is 0 Å². The summed E-state index contributed by atoms with van der Waals surface area (Å²) in [5.74, 6) is -11.6. The van der Waals surface area contributed by atoms with Gasteiger partial charge in [-0.2, -0.15) is 30.7 Å². The van der Waals surface area contributed by atoms with E-state index in [1.54, 1.807) is 13.8 Å². The molecule has 0 atom stereocenters. The molecule has 0 N–H and O–H groups in total. The van der Waals surface area contributed by atoms with Crippen molar-refractivity contribution in [2.45, 2.75) is 31.9 Å². The summed E-state index contributed by atoms with van der Waals surface area (Å²) in [6.07, 6.45) is -6.29. The maximum absolute atomic E-state index is 12.6. The molecule has 0 amide bonds. The first-order valence-electron chi connectivity index (χ1n) is 4.32. The van der Waals surface area contributed by atoms with Gasteiger partial charge in [0.2, 0.25) is 0 Å². The molecule has 0 fully saturated rings. The molecule has 0 spiro atoms. The Morgan fingerprint density at radius 1 is 0.938 bits per heavy atom. The van der Waals surface area contributed by atoms with Crippen LogP contribution in [0, 0.1) is 5.92 Å². The molecule has 0 saturated heterocycles. The lowest BCUT2D eigenvalue weighted by atomic mass is 10.1. The first-order chi connectivity index (χ1) is 6.92. The van der Waals surface area contributed by atoms with Gasteiger partial charge in [-0.15, -0.1) is 0 Å². The third-order valence-corrected chi connectivity index (χ3v) is 1.55. The molecule has 8 heteroatoms. The van der Waals surface area contributed by atoms with Gasteiger partial charge in [0.25, 0.3) is 0 Å². The molecule has 16 heavy (non-hydrogen) atoms. The summed E-state index contributed by atoms with van der Waals surface area (Å²) >= 11 is 0. The van der Waals surface area contributed by atoms with Gasteiger partial charge in [0.1, 0.15) is 6.61 Å². The van der Waals surface area contributed by atoms with E-state index >= 15 is 0 Å². The maximum Gasteiger partial charge on any atom is 0.459 e. The lowest BCUT2D eigenvalue weighted by Gasteiger charge is -2.28. The lowest BCUT2D eigenvalue weighted by Crippen LogP contribution is -2.54. The van der Waals surface area contributed by atoms with Crippen molar-refractivity contribution in [3.63, 3.8) is 0 Å². The highest BCUT2D eigenvalue weighted by Crippen LogP contribution is 2.46. The molecule has 0 aliphatic heterocycles. The predicted molar refractivity (Wildman–Crippen MR) is 41.6 cm³/mol. The Morgan fingerprint density at radius 2 is 1.38 bits per heavy atom. The van der Waals surface area contributed by atoms with Gasteiger partial charge < -0.3 is 4.74 Å². The normalized spacial score (nSPS) is 14.6. The van der Waals surface area contributed by atoms with Crippen molar-refractivity contribution >= 4 is 0 Å². The average molecular weight is 256 g/mol. The van der Waals surface area contributed by atoms with Crippen LogP contribution in [0.2, 0.25) is 0 Å². The van der Waals surface area contributed by atoms with Crippen molar-refractivity contribution in [1.82, 2.24) is 0 Å². The average Bonchev–Trinajstić information content (AvgIpc) is 2.00. The molecule has 0 aliphatic carbocycles. The van der Waals surface area contributed by atoms with Crippen LogP contribution in [0.15, 0.2) is 0 Å². The van der Waals surface area contributed by atoms with E-state index in [1.165, 1.54) is 0 Å². The molecule has 0 saturated carbocycles. The van der Waals surface area contributed by atoms with E-state index in [9.17, 15) is 30.7 Å². The second-order valence-electron chi connectivity index (χ2n) is 3.69. The van der Waals surface area contributed by atoms with Crippen LogP contribution in [0.5, 0.6) is 0 Å². The number of ether oxygens (including phenoxy) is 1. The van der Waals surface area contributed by atoms with Crippen molar-refractivity contribution in [3.05, 3.63) is 0 Å². The number of hydrogen-bond acceptors (Lipinski definition) is 1. The zero-order valence-electron chi connectivity index (χ0n) is 8.55. The van der Waals surface area contributed by atoms with Crippen LogP contribution in [0.4, 0.5) is 30.7 Å². The first kappa shape index (κ1) is 15.5. The Balaban J connectivity index is 4.53. The van der Waals surface area contributed by atoms with E-state index in [-0.39, 0.29) is 12.5 Å². The second-order valence-corrected chi connectivity index (χ2v) is 3.69. The Hall–Kier alpha value is -0.530. The molecular weight excluding hydrogens is 245 g/mol. The molecule has 0 unspecified atom stereocenters. The van der Waals surface area contributed by atoms with Crippen LogP contribution in [0.25, 0.3) is 0 Å². The SMILES string of the molecule is CC(C)COCC(F)(F)C(F)(F)C(F)(F)F. The van der Waals surface area contributed by atoms with Crippen molar-refractivity contribution < 1.29 is 35.5 Å². The molecular formula is C8H11F7O. The van der Waals surface area contributed by atoms with E-state index < -0.39 is 24.6 Å². The third kappa shape index (κ3) is 3.50. The van der Waals surface area contributed by atoms with Crippen molar-refractivity contribution in [2.75, 3.05) is 13.2 Å². The van der Waals surface area contributed by atoms with Crippen molar-refractivity contribution in [2.24, 2.45) is 5.92 Å². The minimum atomic E-state index is -6.29. The molecule has 0 rings (SSSR count). The highest BCUT2D eigenvalue weighted by molar-refractivity contribution is 4.90. The van der Waals surface area contributed by atoms with Crippen LogP contribution < -0.4 is 0 Å². The summed E-state index contributed by atoms with van der Waals surface area (Å²) in [6, 6.07) is 0. The van der Waals surface area contributed by atoms with Gasteiger partial charge >= 0.3 is 18.0 Å². The molecule has 0 bridgehead atoms. The summed E-state index contributed by atoms with van der Waals surface area (Å²) in [4.78, 5) is 0. The monoisotopic (exact) mass is 256 g/mol. The second kappa shape index (κ2) is 4.77. The fourth-order valence-electron chi connectivity index (χ4n) is 0.721. The predicted octanol–water partition coefficient (Wildman–Crippen LogP) is 3.49. The fourth-order valence-corrected chi connectivity index (χ4v) is 0.721. The summed E-state index contributed by atoms with van der Waals surface area (Å²) < 4.78 is 88.7. The third-order valence-electron chi connectivity index (χ3n) is 1.55. The zero-order chi connectivity index (χ0) is 13.2. The quantitative estimate of drug-likeness (QED) is 0.684. The Morgan fingerprint density at radius 3 is 1.69 bits per heavy atom. The topological polar surface area (TPSA) is 9.23 Å². The van der Waals surface area contributed by atoms with Gasteiger partial charge in [0.15, 0.2) is 0 Å². The van der Waals surface area contributed by atoms with E-state index in [0.29, 0.717) is 0 Å². The molecule has 0 radical (unpaired) electrons. The van der Waals surface area contributed by atoms with Crippen LogP contribution >= 0.6 is 0 Å². The van der Waals surface area contributed by atoms with Crippen LogP contribution in [0.3, 0.4) is 0 Å². The Labute approximate surface area is 87.6 Å². The number of rotatable bonds is 5. The number of halogens is 7. The van der Waals surface area contributed by atoms with Crippen LogP contribution in [-0.4, -0.2) is 31.2 Å². The van der Waals surface area contributed by atoms with E-state index in [1.807, 2.05) is 0 Å². The minimum absolute atomic E-state index is 0.240. The van der Waals surface area contributed by atoms with Crippen molar-refractivity contribution in [1.29, 1.82) is 0 Å². The van der Waals surface area contributed by atoms with Gasteiger partial charge in [0.05, 0.1) is 0 Å². The molecule has 0 aromatic heterocycles. The summed E-state index contributed by atoms with van der Waals surface area (Å²) in [7, 11) is 0. The van der Waals surface area contributed by atoms with E-state index in [0.717, 1.165) is 0 Å². The van der Waals surface area contributed by atoms with Gasteiger partial charge in [-0.3, -0.25) is 0 Å². The van der Waals surface area contributed by atoms with Gasteiger partial charge in [0, 0.05) is 6.61 Å². The highest BCUT2D eigenvalue weighted by atomic mass is 19.4. The Bertz CT molecular complexity index is 221. The van der Waals surface area contributed by atoms with E-state index in [2.05, 4.69) is 4.74 Å². The maximum atomic E-state index is 12.6. The largest absolute Gasteiger partial charge is 0.459 e. The number of hydrogen-bond donors (Lipinski definition) is 0. The minimum Gasteiger partial charge on any atom is -0.375 e. The fraction of sp³-hybridized carbons (Fsp3) is 1.00. The van der Waals surface area contributed by atoms with Gasteiger partial charge in [-0.25, -0.2) is 0 Å². The molecule has 0 heterocycles. The molecule has 98 valence electrons. The van der Waals surface area contributed by atoms with Gasteiger partial charge in [-0.05, 0) is 5.92 Å². The summed E-state index contributed by atoms with van der Waals surface area (Å²) in [6.45, 7) is 0.807. The van der Waals surface area contributed by atoms with E-state index in [4.69, 9.17) is 0 Å². The molecule has 1 nitrogen and oxygen atoms in total. The summed E-state index contributed by atoms with van der Waals surface area (Å²) in [5.41, 5.74) is 0. The van der Waals surface area contributed by atoms with Crippen LogP contribution in [0.1, 0.15) is 13.8 Å². The standard InChI is InChI=1S/C8H11F7O/c1-5(2)3-16-4-6(9,10)7(11,12)8(13,14)15/h5H,3-4H2,1-2H3. The lowest BCUT2D eigenvalue weighted by molar-refractivity contribution is -0.361. The molecule has 0 aromatic rings. The highest BCUT2D eigenvalue weighted by Gasteiger charge is 2.72. The zero-order valence-corrected chi connectivity index (χ0v) is 8.55.